The lowest BCUT2D eigenvalue weighted by Crippen LogP contribution is -2.32. The first kappa shape index (κ1) is 17.0. The van der Waals surface area contributed by atoms with Crippen molar-refractivity contribution in [3.8, 4) is 0 Å². The van der Waals surface area contributed by atoms with Crippen molar-refractivity contribution in [2.75, 3.05) is 33.4 Å². The van der Waals surface area contributed by atoms with E-state index in [2.05, 4.69) is 4.72 Å². The smallest absolute Gasteiger partial charge is 0.243 e. The van der Waals surface area contributed by atoms with E-state index in [9.17, 15) is 21.2 Å². The van der Waals surface area contributed by atoms with Gasteiger partial charge in [0.05, 0.1) is 4.90 Å². The van der Waals surface area contributed by atoms with Gasteiger partial charge in [0.2, 0.25) is 10.0 Å². The number of likely N-dealkylation sites (N-methyl/N-ethyl adjacent to an activating group) is 1. The lowest BCUT2D eigenvalue weighted by molar-refractivity contribution is 0.412. The van der Waals surface area contributed by atoms with Gasteiger partial charge >= 0.3 is 0 Å². The Morgan fingerprint density at radius 1 is 1.20 bits per heavy atom. The van der Waals surface area contributed by atoms with Crippen LogP contribution in [0.3, 0.4) is 0 Å². The molecule has 0 bridgehead atoms. The van der Waals surface area contributed by atoms with Gasteiger partial charge in [-0.25, -0.2) is 25.9 Å². The number of halogens is 1. The molecule has 9 heteroatoms. The van der Waals surface area contributed by atoms with Gasteiger partial charge in [-0.15, -0.1) is 0 Å². The Hall–Kier alpha value is -1.03. The summed E-state index contributed by atoms with van der Waals surface area (Å²) in [5.41, 5.74) is 0. The van der Waals surface area contributed by atoms with Gasteiger partial charge in [0.1, 0.15) is 10.7 Å². The van der Waals surface area contributed by atoms with Crippen LogP contribution < -0.4 is 4.72 Å². The summed E-state index contributed by atoms with van der Waals surface area (Å²) in [5, 5.41) is 0. The topological polar surface area (TPSA) is 83.6 Å². The van der Waals surface area contributed by atoms with E-state index in [-0.39, 0.29) is 11.4 Å². The highest BCUT2D eigenvalue weighted by Gasteiger charge is 2.21. The molecule has 0 saturated heterocycles. The zero-order chi connectivity index (χ0) is 15.6. The van der Waals surface area contributed by atoms with E-state index in [0.717, 1.165) is 24.5 Å². The molecule has 1 aromatic rings. The molecule has 0 aliphatic carbocycles. The Kier molecular flexibility index (Phi) is 5.25. The highest BCUT2D eigenvalue weighted by atomic mass is 32.2. The third kappa shape index (κ3) is 4.51. The molecule has 20 heavy (non-hydrogen) atoms. The zero-order valence-corrected chi connectivity index (χ0v) is 13.1. The van der Waals surface area contributed by atoms with Gasteiger partial charge < -0.3 is 4.90 Å². The van der Waals surface area contributed by atoms with Crippen molar-refractivity contribution >= 4 is 19.9 Å². The molecule has 0 heterocycles. The molecule has 0 amide bonds. The van der Waals surface area contributed by atoms with Crippen LogP contribution in [0.5, 0.6) is 0 Å². The molecule has 0 radical (unpaired) electrons. The van der Waals surface area contributed by atoms with Crippen molar-refractivity contribution in [1.82, 2.24) is 9.62 Å². The van der Waals surface area contributed by atoms with Crippen molar-refractivity contribution in [2.24, 2.45) is 0 Å². The van der Waals surface area contributed by atoms with E-state index in [1.54, 1.807) is 19.0 Å². The maximum Gasteiger partial charge on any atom is 0.243 e. The molecule has 1 N–H and O–H groups in total. The molecule has 0 unspecified atom stereocenters. The summed E-state index contributed by atoms with van der Waals surface area (Å²) in [6, 6.07) is 2.68. The van der Waals surface area contributed by atoms with Crippen LogP contribution in [0.25, 0.3) is 0 Å². The van der Waals surface area contributed by atoms with Gasteiger partial charge in [0, 0.05) is 19.3 Å². The lowest BCUT2D eigenvalue weighted by atomic mass is 10.3. The Bertz CT molecular complexity index is 684. The predicted molar refractivity (Wildman–Crippen MR) is 73.3 cm³/mol. The first-order chi connectivity index (χ1) is 9.04. The number of benzene rings is 1. The summed E-state index contributed by atoms with van der Waals surface area (Å²) in [7, 11) is -4.16. The Labute approximate surface area is 118 Å². The van der Waals surface area contributed by atoms with Crippen LogP contribution in [0.15, 0.2) is 28.0 Å². The molecule has 1 aromatic carbocycles. The maximum atomic E-state index is 13.6. The second-order valence-corrected chi connectivity index (χ2v) is 8.32. The van der Waals surface area contributed by atoms with E-state index in [1.165, 1.54) is 0 Å². The molecule has 1 rings (SSSR count). The third-order valence-corrected chi connectivity index (χ3v) is 5.06. The lowest BCUT2D eigenvalue weighted by Gasteiger charge is -2.12. The summed E-state index contributed by atoms with van der Waals surface area (Å²) in [4.78, 5) is 0.845. The second kappa shape index (κ2) is 6.17. The fourth-order valence-electron chi connectivity index (χ4n) is 1.40. The average molecular weight is 324 g/mol. The van der Waals surface area contributed by atoms with E-state index in [0.29, 0.717) is 6.54 Å². The van der Waals surface area contributed by atoms with Crippen molar-refractivity contribution in [3.05, 3.63) is 24.0 Å². The fraction of sp³-hybridized carbons (Fsp3) is 0.455. The van der Waals surface area contributed by atoms with Crippen molar-refractivity contribution < 1.29 is 21.2 Å². The van der Waals surface area contributed by atoms with E-state index >= 15 is 0 Å². The molecule has 0 spiro atoms. The highest BCUT2D eigenvalue weighted by Crippen LogP contribution is 2.19. The average Bonchev–Trinajstić information content (AvgIpc) is 2.26. The molecule has 0 atom stereocenters. The van der Waals surface area contributed by atoms with Crippen LogP contribution in [0.1, 0.15) is 0 Å². The molecular formula is C11H17FN2O4S2. The summed E-state index contributed by atoms with van der Waals surface area (Å²) in [6.07, 6.45) is 0.927. The summed E-state index contributed by atoms with van der Waals surface area (Å²) >= 11 is 0. The molecule has 114 valence electrons. The van der Waals surface area contributed by atoms with Gasteiger partial charge in [0.25, 0.3) is 0 Å². The van der Waals surface area contributed by atoms with Gasteiger partial charge in [-0.2, -0.15) is 0 Å². The minimum Gasteiger partial charge on any atom is -0.308 e. The number of sulfonamides is 1. The Morgan fingerprint density at radius 3 is 2.30 bits per heavy atom. The summed E-state index contributed by atoms with van der Waals surface area (Å²) in [5.74, 6) is -0.991. The SMILES string of the molecule is CN(C)CCNS(=O)(=O)c1cc(S(C)(=O)=O)ccc1F. The third-order valence-electron chi connectivity index (χ3n) is 2.47. The number of hydrogen-bond donors (Lipinski definition) is 1. The predicted octanol–water partition coefficient (Wildman–Crippen LogP) is 0.0691. The molecular weight excluding hydrogens is 307 g/mol. The van der Waals surface area contributed by atoms with Crippen LogP contribution >= 0.6 is 0 Å². The number of hydrogen-bond acceptors (Lipinski definition) is 5. The molecule has 0 fully saturated rings. The second-order valence-electron chi connectivity index (χ2n) is 4.57. The normalized spacial score (nSPS) is 12.8. The van der Waals surface area contributed by atoms with Gasteiger partial charge in [-0.05, 0) is 32.3 Å². The number of sulfone groups is 1. The van der Waals surface area contributed by atoms with E-state index < -0.39 is 30.6 Å². The van der Waals surface area contributed by atoms with E-state index in [1.807, 2.05) is 0 Å². The number of nitrogens with zero attached hydrogens (tertiary/aromatic N) is 1. The van der Waals surface area contributed by atoms with Crippen LogP contribution in [-0.4, -0.2) is 55.2 Å². The fourth-order valence-corrected chi connectivity index (χ4v) is 3.25. The van der Waals surface area contributed by atoms with Gasteiger partial charge in [-0.1, -0.05) is 0 Å². The van der Waals surface area contributed by atoms with Gasteiger partial charge in [-0.3, -0.25) is 0 Å². The molecule has 0 aromatic heterocycles. The Balaban J connectivity index is 3.12. The standard InChI is InChI=1S/C11H17FN2O4S2/c1-14(2)7-6-13-20(17,18)11-8-9(19(3,15)16)4-5-10(11)12/h4-5,8,13H,6-7H2,1-3H3. The molecule has 0 aliphatic rings. The van der Waals surface area contributed by atoms with Crippen LogP contribution in [0, 0.1) is 5.82 Å². The van der Waals surface area contributed by atoms with Crippen molar-refractivity contribution in [2.45, 2.75) is 9.79 Å². The summed E-state index contributed by atoms with van der Waals surface area (Å²) in [6.45, 7) is 0.532. The minimum atomic E-state index is -4.09. The first-order valence-corrected chi connectivity index (χ1v) is 9.05. The van der Waals surface area contributed by atoms with Gasteiger partial charge in [0.15, 0.2) is 9.84 Å². The molecule has 0 saturated carbocycles. The minimum absolute atomic E-state index is 0.0951. The highest BCUT2D eigenvalue weighted by molar-refractivity contribution is 7.91. The quantitative estimate of drug-likeness (QED) is 0.749. The number of rotatable bonds is 6. The van der Waals surface area contributed by atoms with E-state index in [4.69, 9.17) is 0 Å². The Morgan fingerprint density at radius 2 is 1.80 bits per heavy atom. The monoisotopic (exact) mass is 324 g/mol. The molecule has 6 nitrogen and oxygen atoms in total. The van der Waals surface area contributed by atoms with Crippen molar-refractivity contribution in [1.29, 1.82) is 0 Å². The first-order valence-electron chi connectivity index (χ1n) is 5.68. The summed E-state index contributed by atoms with van der Waals surface area (Å²) < 4.78 is 62.5. The van der Waals surface area contributed by atoms with Crippen LogP contribution in [-0.2, 0) is 19.9 Å². The van der Waals surface area contributed by atoms with Crippen LogP contribution in [0.2, 0.25) is 0 Å². The molecule has 0 aliphatic heterocycles. The zero-order valence-electron chi connectivity index (χ0n) is 11.4. The largest absolute Gasteiger partial charge is 0.308 e. The van der Waals surface area contributed by atoms with Crippen LogP contribution in [0.4, 0.5) is 4.39 Å². The van der Waals surface area contributed by atoms with Crippen molar-refractivity contribution in [3.63, 3.8) is 0 Å². The maximum absolute atomic E-state index is 13.6. The number of nitrogens with one attached hydrogen (secondary N) is 1.